The van der Waals surface area contributed by atoms with Gasteiger partial charge in [-0.1, -0.05) is 0 Å². The molecule has 3 nitrogen and oxygen atoms in total. The topological polar surface area (TPSA) is 61.3 Å². The van der Waals surface area contributed by atoms with Crippen LogP contribution in [0.25, 0.3) is 0 Å². The summed E-state index contributed by atoms with van der Waals surface area (Å²) in [7, 11) is 0. The maximum absolute atomic E-state index is 5.77. The molecule has 0 amide bonds. The van der Waals surface area contributed by atoms with Crippen LogP contribution in [0.5, 0.6) is 0 Å². The third-order valence-corrected chi connectivity index (χ3v) is 2.36. The summed E-state index contributed by atoms with van der Waals surface area (Å²) in [6, 6.07) is 0.329. The molecular weight excluding hydrogens is 140 g/mol. The van der Waals surface area contributed by atoms with Crippen molar-refractivity contribution >= 4 is 0 Å². The number of rotatable bonds is 1. The molecule has 0 saturated carbocycles. The van der Waals surface area contributed by atoms with E-state index in [9.17, 15) is 0 Å². The molecule has 66 valence electrons. The van der Waals surface area contributed by atoms with Crippen molar-refractivity contribution in [2.24, 2.45) is 11.5 Å². The molecule has 0 spiro atoms. The van der Waals surface area contributed by atoms with Crippen molar-refractivity contribution in [3.8, 4) is 0 Å². The van der Waals surface area contributed by atoms with E-state index in [-0.39, 0.29) is 24.3 Å². The second-order valence-electron chi connectivity index (χ2n) is 3.48. The molecule has 1 fully saturated rings. The minimum atomic E-state index is 0.130. The van der Waals surface area contributed by atoms with Gasteiger partial charge in [0.2, 0.25) is 0 Å². The molecule has 0 aromatic carbocycles. The summed E-state index contributed by atoms with van der Waals surface area (Å²) < 4.78 is 5.61. The van der Waals surface area contributed by atoms with Crippen molar-refractivity contribution in [1.82, 2.24) is 0 Å². The minimum Gasteiger partial charge on any atom is -0.372 e. The summed E-state index contributed by atoms with van der Waals surface area (Å²) >= 11 is 0. The minimum absolute atomic E-state index is 0.130. The summed E-state index contributed by atoms with van der Waals surface area (Å²) in [5, 5.41) is 0. The van der Waals surface area contributed by atoms with E-state index in [1.807, 2.05) is 13.8 Å². The lowest BCUT2D eigenvalue weighted by Crippen LogP contribution is -2.47. The molecule has 0 radical (unpaired) electrons. The summed E-state index contributed by atoms with van der Waals surface area (Å²) in [4.78, 5) is 0. The van der Waals surface area contributed by atoms with E-state index in [1.165, 1.54) is 0 Å². The van der Waals surface area contributed by atoms with E-state index in [1.54, 1.807) is 0 Å². The first-order valence-electron chi connectivity index (χ1n) is 4.28. The van der Waals surface area contributed by atoms with Crippen LogP contribution in [-0.2, 0) is 4.74 Å². The lowest BCUT2D eigenvalue weighted by atomic mass is 9.97. The van der Waals surface area contributed by atoms with Gasteiger partial charge in [-0.3, -0.25) is 0 Å². The highest BCUT2D eigenvalue weighted by Gasteiger charge is 2.27. The third kappa shape index (κ3) is 2.15. The molecule has 1 rings (SSSR count). The van der Waals surface area contributed by atoms with Crippen molar-refractivity contribution < 1.29 is 4.74 Å². The number of hydrogen-bond acceptors (Lipinski definition) is 3. The van der Waals surface area contributed by atoms with E-state index < -0.39 is 0 Å². The molecule has 2 unspecified atom stereocenters. The smallest absolute Gasteiger partial charge is 0.0728 e. The standard InChI is InChI=1S/C8H18N2O/c1-5(9)8-4-3-7(10)6(2)11-8/h5-8H,3-4,9-10H2,1-2H3/t5?,6-,7-,8?/m1/s1. The molecule has 4 atom stereocenters. The molecule has 1 heterocycles. The molecule has 11 heavy (non-hydrogen) atoms. The SMILES string of the molecule is CC(N)C1CC[C@@H](N)[C@@H](C)O1. The molecule has 4 N–H and O–H groups in total. The fourth-order valence-electron chi connectivity index (χ4n) is 1.42. The Morgan fingerprint density at radius 2 is 2.09 bits per heavy atom. The fourth-order valence-corrected chi connectivity index (χ4v) is 1.42. The van der Waals surface area contributed by atoms with Crippen LogP contribution >= 0.6 is 0 Å². The number of nitrogens with two attached hydrogens (primary N) is 2. The molecule has 0 bridgehead atoms. The van der Waals surface area contributed by atoms with Gasteiger partial charge < -0.3 is 16.2 Å². The van der Waals surface area contributed by atoms with Crippen molar-refractivity contribution in [1.29, 1.82) is 0 Å². The second kappa shape index (κ2) is 3.52. The Morgan fingerprint density at radius 1 is 1.45 bits per heavy atom. The molecule has 1 aliphatic rings. The van der Waals surface area contributed by atoms with Crippen molar-refractivity contribution in [2.75, 3.05) is 0 Å². The van der Waals surface area contributed by atoms with Crippen LogP contribution in [0.1, 0.15) is 26.7 Å². The largest absolute Gasteiger partial charge is 0.372 e. The number of hydrogen-bond donors (Lipinski definition) is 2. The van der Waals surface area contributed by atoms with Crippen LogP contribution in [-0.4, -0.2) is 24.3 Å². The summed E-state index contributed by atoms with van der Waals surface area (Å²) in [5.74, 6) is 0. The zero-order valence-corrected chi connectivity index (χ0v) is 7.29. The lowest BCUT2D eigenvalue weighted by molar-refractivity contribution is -0.0594. The quantitative estimate of drug-likeness (QED) is 0.574. The van der Waals surface area contributed by atoms with Gasteiger partial charge in [0.15, 0.2) is 0 Å². The normalized spacial score (nSPS) is 42.0. The zero-order chi connectivity index (χ0) is 8.43. The Hall–Kier alpha value is -0.120. The molecule has 1 saturated heterocycles. The highest BCUT2D eigenvalue weighted by Crippen LogP contribution is 2.19. The van der Waals surface area contributed by atoms with Crippen LogP contribution in [0, 0.1) is 0 Å². The monoisotopic (exact) mass is 158 g/mol. The Bertz CT molecular complexity index is 127. The molecule has 1 aliphatic heterocycles. The molecule has 0 aromatic rings. The van der Waals surface area contributed by atoms with Gasteiger partial charge in [-0.05, 0) is 26.7 Å². The van der Waals surface area contributed by atoms with Gasteiger partial charge in [-0.15, -0.1) is 0 Å². The van der Waals surface area contributed by atoms with Gasteiger partial charge in [0.1, 0.15) is 0 Å². The van der Waals surface area contributed by atoms with E-state index in [2.05, 4.69) is 0 Å². The molecule has 0 aliphatic carbocycles. The number of ether oxygens (including phenoxy) is 1. The van der Waals surface area contributed by atoms with Crippen LogP contribution in [0.3, 0.4) is 0 Å². The van der Waals surface area contributed by atoms with Crippen molar-refractivity contribution in [2.45, 2.75) is 51.0 Å². The predicted molar refractivity (Wildman–Crippen MR) is 45.2 cm³/mol. The average molecular weight is 158 g/mol. The second-order valence-corrected chi connectivity index (χ2v) is 3.48. The van der Waals surface area contributed by atoms with E-state index in [0.717, 1.165) is 12.8 Å². The highest BCUT2D eigenvalue weighted by atomic mass is 16.5. The Labute approximate surface area is 68.1 Å². The van der Waals surface area contributed by atoms with Gasteiger partial charge in [-0.25, -0.2) is 0 Å². The Morgan fingerprint density at radius 3 is 2.55 bits per heavy atom. The van der Waals surface area contributed by atoms with E-state index in [0.29, 0.717) is 0 Å². The Kier molecular flexibility index (Phi) is 2.87. The summed E-state index contributed by atoms with van der Waals surface area (Å²) in [6.45, 7) is 3.99. The third-order valence-electron chi connectivity index (χ3n) is 2.36. The van der Waals surface area contributed by atoms with E-state index >= 15 is 0 Å². The Balaban J connectivity index is 2.40. The molecular formula is C8H18N2O. The highest BCUT2D eigenvalue weighted by molar-refractivity contribution is 4.82. The van der Waals surface area contributed by atoms with Crippen LogP contribution in [0.15, 0.2) is 0 Å². The van der Waals surface area contributed by atoms with Crippen LogP contribution in [0.4, 0.5) is 0 Å². The van der Waals surface area contributed by atoms with Crippen LogP contribution < -0.4 is 11.5 Å². The maximum Gasteiger partial charge on any atom is 0.0728 e. The predicted octanol–water partition coefficient (Wildman–Crippen LogP) is 0.228. The first kappa shape index (κ1) is 8.97. The molecule has 3 heteroatoms. The maximum atomic E-state index is 5.77. The first-order chi connectivity index (χ1) is 5.11. The van der Waals surface area contributed by atoms with Gasteiger partial charge >= 0.3 is 0 Å². The van der Waals surface area contributed by atoms with E-state index in [4.69, 9.17) is 16.2 Å². The summed E-state index contributed by atoms with van der Waals surface area (Å²) in [6.07, 6.45) is 2.42. The zero-order valence-electron chi connectivity index (χ0n) is 7.29. The van der Waals surface area contributed by atoms with Crippen molar-refractivity contribution in [3.63, 3.8) is 0 Å². The average Bonchev–Trinajstić information content (AvgIpc) is 1.94. The van der Waals surface area contributed by atoms with Crippen LogP contribution in [0.2, 0.25) is 0 Å². The first-order valence-corrected chi connectivity index (χ1v) is 4.28. The summed E-state index contributed by atoms with van der Waals surface area (Å²) in [5.41, 5.74) is 11.5. The van der Waals surface area contributed by atoms with Gasteiger partial charge in [0.05, 0.1) is 12.2 Å². The molecule has 0 aromatic heterocycles. The van der Waals surface area contributed by atoms with Gasteiger partial charge in [0.25, 0.3) is 0 Å². The van der Waals surface area contributed by atoms with Gasteiger partial charge in [0, 0.05) is 12.1 Å². The lowest BCUT2D eigenvalue weighted by Gasteiger charge is -2.34. The fraction of sp³-hybridized carbons (Fsp3) is 1.00. The van der Waals surface area contributed by atoms with Crippen molar-refractivity contribution in [3.05, 3.63) is 0 Å². The van der Waals surface area contributed by atoms with Gasteiger partial charge in [-0.2, -0.15) is 0 Å².